The molecule has 0 aromatic heterocycles. The van der Waals surface area contributed by atoms with Gasteiger partial charge < -0.3 is 15.4 Å². The van der Waals surface area contributed by atoms with Gasteiger partial charge in [0.15, 0.2) is 0 Å². The average molecular weight is 228 g/mol. The van der Waals surface area contributed by atoms with Gasteiger partial charge in [0.2, 0.25) is 0 Å². The summed E-state index contributed by atoms with van der Waals surface area (Å²) in [6.45, 7) is 7.47. The second-order valence-corrected chi connectivity index (χ2v) is 5.80. The van der Waals surface area contributed by atoms with E-state index >= 15 is 0 Å². The summed E-state index contributed by atoms with van der Waals surface area (Å²) in [5.74, 6) is 0. The van der Waals surface area contributed by atoms with Crippen molar-refractivity contribution in [3.05, 3.63) is 0 Å². The molecule has 4 heteroatoms. The number of carbonyl (C=O) groups is 1. The maximum Gasteiger partial charge on any atom is 0.315 e. The van der Waals surface area contributed by atoms with E-state index in [9.17, 15) is 4.79 Å². The minimum atomic E-state index is -0.173. The normalized spacial score (nSPS) is 18.0. The summed E-state index contributed by atoms with van der Waals surface area (Å²) in [5.41, 5.74) is 0.137. The maximum absolute atomic E-state index is 11.6. The molecule has 0 heterocycles. The van der Waals surface area contributed by atoms with Gasteiger partial charge in [-0.2, -0.15) is 0 Å². The zero-order valence-corrected chi connectivity index (χ0v) is 10.9. The van der Waals surface area contributed by atoms with E-state index in [1.54, 1.807) is 7.11 Å². The molecule has 1 rings (SSSR count). The minimum absolute atomic E-state index is 0.0730. The predicted molar refractivity (Wildman–Crippen MR) is 64.4 cm³/mol. The molecule has 0 aromatic carbocycles. The molecule has 4 nitrogen and oxygen atoms in total. The van der Waals surface area contributed by atoms with Gasteiger partial charge in [-0.1, -0.05) is 0 Å². The molecule has 1 aliphatic rings. The van der Waals surface area contributed by atoms with Crippen molar-refractivity contribution in [1.29, 1.82) is 0 Å². The largest absolute Gasteiger partial charge is 0.385 e. The van der Waals surface area contributed by atoms with Gasteiger partial charge in [-0.3, -0.25) is 0 Å². The summed E-state index contributed by atoms with van der Waals surface area (Å²) in [4.78, 5) is 11.6. The monoisotopic (exact) mass is 228 g/mol. The highest BCUT2D eigenvalue weighted by Crippen LogP contribution is 2.48. The van der Waals surface area contributed by atoms with Gasteiger partial charge in [0, 0.05) is 25.8 Å². The van der Waals surface area contributed by atoms with Crippen LogP contribution in [-0.4, -0.2) is 31.8 Å². The lowest BCUT2D eigenvalue weighted by Crippen LogP contribution is -2.47. The Bertz CT molecular complexity index is 242. The van der Waals surface area contributed by atoms with Crippen LogP contribution in [0.4, 0.5) is 4.79 Å². The van der Waals surface area contributed by atoms with Crippen LogP contribution in [0, 0.1) is 5.41 Å². The molecule has 94 valence electrons. The van der Waals surface area contributed by atoms with E-state index in [0.29, 0.717) is 5.41 Å². The number of amides is 2. The smallest absolute Gasteiger partial charge is 0.315 e. The van der Waals surface area contributed by atoms with Crippen molar-refractivity contribution >= 4 is 6.03 Å². The third-order valence-corrected chi connectivity index (χ3v) is 2.91. The summed E-state index contributed by atoms with van der Waals surface area (Å²) in [5, 5.41) is 5.84. The van der Waals surface area contributed by atoms with Crippen LogP contribution in [0.1, 0.15) is 40.0 Å². The molecule has 0 aliphatic heterocycles. The quantitative estimate of drug-likeness (QED) is 0.755. The number of ether oxygens (including phenoxy) is 1. The SMILES string of the molecule is COCCC1(CNC(=O)NC(C)(C)C)CC1. The molecule has 1 saturated carbocycles. The predicted octanol–water partition coefficient (Wildman–Crippen LogP) is 1.90. The Morgan fingerprint density at radius 2 is 2.00 bits per heavy atom. The first kappa shape index (κ1) is 13.3. The first-order valence-corrected chi connectivity index (χ1v) is 5.92. The van der Waals surface area contributed by atoms with Gasteiger partial charge in [-0.25, -0.2) is 4.79 Å². The number of nitrogens with one attached hydrogen (secondary N) is 2. The van der Waals surface area contributed by atoms with E-state index in [-0.39, 0.29) is 11.6 Å². The molecule has 0 aromatic rings. The van der Waals surface area contributed by atoms with Crippen LogP contribution in [0.3, 0.4) is 0 Å². The molecule has 16 heavy (non-hydrogen) atoms. The van der Waals surface area contributed by atoms with E-state index in [2.05, 4.69) is 10.6 Å². The highest BCUT2D eigenvalue weighted by atomic mass is 16.5. The molecule has 0 unspecified atom stereocenters. The Kier molecular flexibility index (Phi) is 4.19. The molecule has 2 amide bonds. The van der Waals surface area contributed by atoms with Gasteiger partial charge in [0.25, 0.3) is 0 Å². The van der Waals surface area contributed by atoms with Crippen molar-refractivity contribution in [2.24, 2.45) is 5.41 Å². The topological polar surface area (TPSA) is 50.4 Å². The molecular formula is C12H24N2O2. The van der Waals surface area contributed by atoms with Gasteiger partial charge >= 0.3 is 6.03 Å². The van der Waals surface area contributed by atoms with Crippen LogP contribution < -0.4 is 10.6 Å². The van der Waals surface area contributed by atoms with Gasteiger partial charge in [0.05, 0.1) is 0 Å². The second-order valence-electron chi connectivity index (χ2n) is 5.80. The summed E-state index contributed by atoms with van der Waals surface area (Å²) < 4.78 is 5.08. The van der Waals surface area contributed by atoms with Crippen molar-refractivity contribution in [2.75, 3.05) is 20.3 Å². The lowest BCUT2D eigenvalue weighted by atomic mass is 10.0. The standard InChI is InChI=1S/C12H24N2O2/c1-11(2,3)14-10(15)13-9-12(5-6-12)7-8-16-4/h5-9H2,1-4H3,(H2,13,14,15). The highest BCUT2D eigenvalue weighted by molar-refractivity contribution is 5.74. The highest BCUT2D eigenvalue weighted by Gasteiger charge is 2.42. The Morgan fingerprint density at radius 3 is 2.44 bits per heavy atom. The fourth-order valence-electron chi connectivity index (χ4n) is 1.66. The maximum atomic E-state index is 11.6. The van der Waals surface area contributed by atoms with E-state index in [4.69, 9.17) is 4.74 Å². The Morgan fingerprint density at radius 1 is 1.38 bits per heavy atom. The molecule has 2 N–H and O–H groups in total. The number of hydrogen-bond donors (Lipinski definition) is 2. The molecule has 0 spiro atoms. The van der Waals surface area contributed by atoms with Crippen molar-refractivity contribution in [1.82, 2.24) is 10.6 Å². The van der Waals surface area contributed by atoms with Gasteiger partial charge in [-0.05, 0) is 45.4 Å². The zero-order valence-electron chi connectivity index (χ0n) is 10.9. The van der Waals surface area contributed by atoms with Crippen molar-refractivity contribution in [2.45, 2.75) is 45.6 Å². The Labute approximate surface area is 98.1 Å². The van der Waals surface area contributed by atoms with E-state index < -0.39 is 0 Å². The van der Waals surface area contributed by atoms with Crippen LogP contribution in [-0.2, 0) is 4.74 Å². The number of hydrogen-bond acceptors (Lipinski definition) is 2. The van der Waals surface area contributed by atoms with Crippen LogP contribution in [0.5, 0.6) is 0 Å². The third kappa shape index (κ3) is 4.84. The average Bonchev–Trinajstić information content (AvgIpc) is 2.90. The number of rotatable bonds is 5. The van der Waals surface area contributed by atoms with E-state index in [1.165, 1.54) is 12.8 Å². The first-order valence-electron chi connectivity index (χ1n) is 5.92. The fraction of sp³-hybridized carbons (Fsp3) is 0.917. The third-order valence-electron chi connectivity index (χ3n) is 2.91. The first-order chi connectivity index (χ1) is 7.37. The lowest BCUT2D eigenvalue weighted by molar-refractivity contribution is 0.170. The van der Waals surface area contributed by atoms with Crippen molar-refractivity contribution in [3.8, 4) is 0 Å². The summed E-state index contributed by atoms with van der Waals surface area (Å²) >= 11 is 0. The van der Waals surface area contributed by atoms with E-state index in [0.717, 1.165) is 19.6 Å². The van der Waals surface area contributed by atoms with E-state index in [1.807, 2.05) is 20.8 Å². The molecule has 0 bridgehead atoms. The molecule has 0 atom stereocenters. The number of carbonyl (C=O) groups excluding carboxylic acids is 1. The van der Waals surface area contributed by atoms with Crippen LogP contribution in [0.15, 0.2) is 0 Å². The number of urea groups is 1. The molecule has 1 aliphatic carbocycles. The molecule has 1 fully saturated rings. The number of methoxy groups -OCH3 is 1. The Balaban J connectivity index is 2.21. The van der Waals surface area contributed by atoms with Crippen molar-refractivity contribution < 1.29 is 9.53 Å². The van der Waals surface area contributed by atoms with Crippen LogP contribution in [0.25, 0.3) is 0 Å². The van der Waals surface area contributed by atoms with Gasteiger partial charge in [0.1, 0.15) is 0 Å². The summed E-state index contributed by atoms with van der Waals surface area (Å²) in [6.07, 6.45) is 3.44. The zero-order chi connectivity index (χ0) is 12.2. The molecule has 0 radical (unpaired) electrons. The van der Waals surface area contributed by atoms with Crippen molar-refractivity contribution in [3.63, 3.8) is 0 Å². The summed E-state index contributed by atoms with van der Waals surface area (Å²) in [6, 6.07) is -0.0730. The van der Waals surface area contributed by atoms with Crippen LogP contribution in [0.2, 0.25) is 0 Å². The Hall–Kier alpha value is -0.770. The minimum Gasteiger partial charge on any atom is -0.385 e. The lowest BCUT2D eigenvalue weighted by Gasteiger charge is -2.22. The summed E-state index contributed by atoms with van der Waals surface area (Å²) in [7, 11) is 1.72. The van der Waals surface area contributed by atoms with Gasteiger partial charge in [-0.15, -0.1) is 0 Å². The molecule has 0 saturated heterocycles. The second kappa shape index (κ2) is 5.04. The fourth-order valence-corrected chi connectivity index (χ4v) is 1.66. The molecular weight excluding hydrogens is 204 g/mol. The van der Waals surface area contributed by atoms with Crippen LogP contribution >= 0.6 is 0 Å².